The average molecular weight is 311 g/mol. The summed E-state index contributed by atoms with van der Waals surface area (Å²) in [6, 6.07) is 12.3. The summed E-state index contributed by atoms with van der Waals surface area (Å²) in [5, 5.41) is 24.1. The van der Waals surface area contributed by atoms with Gasteiger partial charge in [-0.05, 0) is 30.4 Å². The lowest BCUT2D eigenvalue weighted by Gasteiger charge is -2.01. The van der Waals surface area contributed by atoms with Crippen molar-refractivity contribution in [3.63, 3.8) is 0 Å². The number of amides is 1. The Hall–Kier alpha value is -3.48. The average Bonchev–Trinajstić information content (AvgIpc) is 2.55. The van der Waals surface area contributed by atoms with Crippen LogP contribution in [0.2, 0.25) is 0 Å². The summed E-state index contributed by atoms with van der Waals surface area (Å²) in [7, 11) is 0. The molecule has 0 aromatic heterocycles. The van der Waals surface area contributed by atoms with E-state index in [1.807, 2.05) is 0 Å². The maximum atomic E-state index is 11.7. The standard InChI is InChI=1S/C16H13N3O4/c20-15-10-4-2-8-13(15)16(21)18-17-11-5-7-12-6-1-3-9-14(12)19(22)23/h1-11,20H,(H,18,21)/b7-5+,17-11+. The van der Waals surface area contributed by atoms with Gasteiger partial charge in [-0.3, -0.25) is 14.9 Å². The van der Waals surface area contributed by atoms with Gasteiger partial charge in [-0.1, -0.05) is 24.3 Å². The molecule has 116 valence electrons. The van der Waals surface area contributed by atoms with E-state index < -0.39 is 10.8 Å². The number of para-hydroxylation sites is 2. The fourth-order valence-corrected chi connectivity index (χ4v) is 1.81. The van der Waals surface area contributed by atoms with Gasteiger partial charge in [0.1, 0.15) is 5.75 Å². The first kappa shape index (κ1) is 15.9. The minimum atomic E-state index is -0.557. The van der Waals surface area contributed by atoms with Crippen LogP contribution in [-0.4, -0.2) is 22.2 Å². The van der Waals surface area contributed by atoms with Gasteiger partial charge in [0.2, 0.25) is 0 Å². The van der Waals surface area contributed by atoms with Crippen LogP contribution in [0, 0.1) is 10.1 Å². The maximum absolute atomic E-state index is 11.7. The van der Waals surface area contributed by atoms with Gasteiger partial charge in [-0.25, -0.2) is 5.43 Å². The lowest BCUT2D eigenvalue weighted by molar-refractivity contribution is -0.385. The number of hydrogen-bond donors (Lipinski definition) is 2. The number of nitrogens with one attached hydrogen (secondary N) is 1. The molecule has 0 heterocycles. The second-order valence-corrected chi connectivity index (χ2v) is 4.41. The molecular formula is C16H13N3O4. The van der Waals surface area contributed by atoms with Crippen molar-refractivity contribution in [3.8, 4) is 5.75 Å². The number of aromatic hydroxyl groups is 1. The number of hydrazone groups is 1. The zero-order chi connectivity index (χ0) is 16.7. The van der Waals surface area contributed by atoms with Crippen molar-refractivity contribution in [2.75, 3.05) is 0 Å². The Kier molecular flexibility index (Phi) is 5.19. The van der Waals surface area contributed by atoms with Crippen LogP contribution < -0.4 is 5.43 Å². The SMILES string of the molecule is O=C(N/N=C/C=C/c1ccccc1[N+](=O)[O-])c1ccccc1O. The first-order valence-electron chi connectivity index (χ1n) is 6.61. The van der Waals surface area contributed by atoms with E-state index in [0.717, 1.165) is 0 Å². The highest BCUT2D eigenvalue weighted by Gasteiger charge is 2.09. The van der Waals surface area contributed by atoms with Gasteiger partial charge in [0, 0.05) is 12.3 Å². The number of nitrogens with zero attached hydrogens (tertiary/aromatic N) is 2. The van der Waals surface area contributed by atoms with Crippen molar-refractivity contribution in [3.05, 3.63) is 75.8 Å². The van der Waals surface area contributed by atoms with Crippen LogP contribution in [0.5, 0.6) is 5.75 Å². The Balaban J connectivity index is 1.99. The Bertz CT molecular complexity index is 784. The van der Waals surface area contributed by atoms with Gasteiger partial charge in [-0.2, -0.15) is 5.10 Å². The van der Waals surface area contributed by atoms with Crippen molar-refractivity contribution in [2.45, 2.75) is 0 Å². The summed E-state index contributed by atoms with van der Waals surface area (Å²) in [5.74, 6) is -0.700. The monoisotopic (exact) mass is 311 g/mol. The number of phenolic OH excluding ortho intramolecular Hbond substituents is 1. The molecule has 0 saturated carbocycles. The molecule has 0 atom stereocenters. The molecule has 0 saturated heterocycles. The van der Waals surface area contributed by atoms with Crippen molar-refractivity contribution in [2.24, 2.45) is 5.10 Å². The summed E-state index contributed by atoms with van der Waals surface area (Å²) >= 11 is 0. The topological polar surface area (TPSA) is 105 Å². The molecule has 23 heavy (non-hydrogen) atoms. The third-order valence-corrected chi connectivity index (χ3v) is 2.88. The first-order valence-corrected chi connectivity index (χ1v) is 6.61. The fourth-order valence-electron chi connectivity index (χ4n) is 1.81. The molecule has 2 aromatic rings. The van der Waals surface area contributed by atoms with Crippen LogP contribution in [0.1, 0.15) is 15.9 Å². The highest BCUT2D eigenvalue weighted by molar-refractivity contribution is 5.97. The fraction of sp³-hybridized carbons (Fsp3) is 0. The predicted molar refractivity (Wildman–Crippen MR) is 86.2 cm³/mol. The summed E-state index contributed by atoms with van der Waals surface area (Å²) in [5.41, 5.74) is 2.76. The Morgan fingerprint density at radius 1 is 1.17 bits per heavy atom. The largest absolute Gasteiger partial charge is 0.507 e. The second kappa shape index (κ2) is 7.51. The first-order chi connectivity index (χ1) is 11.1. The van der Waals surface area contributed by atoms with Gasteiger partial charge in [0.15, 0.2) is 0 Å². The van der Waals surface area contributed by atoms with Gasteiger partial charge in [0.05, 0.1) is 16.1 Å². The molecule has 2 rings (SSSR count). The second-order valence-electron chi connectivity index (χ2n) is 4.41. The number of carbonyl (C=O) groups excluding carboxylic acids is 1. The van der Waals surface area contributed by atoms with Crippen LogP contribution in [0.3, 0.4) is 0 Å². The number of carbonyl (C=O) groups is 1. The van der Waals surface area contributed by atoms with E-state index in [2.05, 4.69) is 10.5 Å². The number of phenols is 1. The zero-order valence-electron chi connectivity index (χ0n) is 11.9. The maximum Gasteiger partial charge on any atom is 0.276 e. The van der Waals surface area contributed by atoms with Crippen molar-refractivity contribution in [1.82, 2.24) is 5.43 Å². The van der Waals surface area contributed by atoms with E-state index in [1.165, 1.54) is 36.6 Å². The molecule has 7 nitrogen and oxygen atoms in total. The van der Waals surface area contributed by atoms with E-state index in [1.54, 1.807) is 30.3 Å². The van der Waals surface area contributed by atoms with Crippen LogP contribution in [-0.2, 0) is 0 Å². The van der Waals surface area contributed by atoms with Crippen LogP contribution in [0.25, 0.3) is 6.08 Å². The molecule has 0 unspecified atom stereocenters. The lowest BCUT2D eigenvalue weighted by Crippen LogP contribution is -2.17. The van der Waals surface area contributed by atoms with Crippen LogP contribution in [0.4, 0.5) is 5.69 Å². The molecular weight excluding hydrogens is 298 g/mol. The van der Waals surface area contributed by atoms with E-state index in [9.17, 15) is 20.0 Å². The summed E-state index contributed by atoms with van der Waals surface area (Å²) in [6.45, 7) is 0. The quantitative estimate of drug-likeness (QED) is 0.503. The minimum absolute atomic E-state index is 0.0182. The molecule has 7 heteroatoms. The van der Waals surface area contributed by atoms with E-state index in [4.69, 9.17) is 0 Å². The summed E-state index contributed by atoms with van der Waals surface area (Å²) in [6.07, 6.45) is 4.26. The highest BCUT2D eigenvalue weighted by Crippen LogP contribution is 2.18. The van der Waals surface area contributed by atoms with Gasteiger partial charge in [-0.15, -0.1) is 0 Å². The highest BCUT2D eigenvalue weighted by atomic mass is 16.6. The molecule has 0 radical (unpaired) electrons. The van der Waals surface area contributed by atoms with Gasteiger partial charge >= 0.3 is 0 Å². The van der Waals surface area contributed by atoms with Crippen molar-refractivity contribution < 1.29 is 14.8 Å². The third kappa shape index (κ3) is 4.24. The number of nitro benzene ring substituents is 1. The van der Waals surface area contributed by atoms with Crippen molar-refractivity contribution in [1.29, 1.82) is 0 Å². The smallest absolute Gasteiger partial charge is 0.276 e. The van der Waals surface area contributed by atoms with E-state index in [0.29, 0.717) is 5.56 Å². The Labute approximate surface area is 131 Å². The van der Waals surface area contributed by atoms with Gasteiger partial charge in [0.25, 0.3) is 11.6 Å². The molecule has 2 aromatic carbocycles. The van der Waals surface area contributed by atoms with Crippen molar-refractivity contribution >= 4 is 23.9 Å². The number of benzene rings is 2. The molecule has 0 bridgehead atoms. The molecule has 0 aliphatic carbocycles. The van der Waals surface area contributed by atoms with E-state index in [-0.39, 0.29) is 17.0 Å². The van der Waals surface area contributed by atoms with Crippen LogP contribution >= 0.6 is 0 Å². The number of hydrogen-bond acceptors (Lipinski definition) is 5. The molecule has 2 N–H and O–H groups in total. The molecule has 0 spiro atoms. The van der Waals surface area contributed by atoms with E-state index >= 15 is 0 Å². The normalized spacial score (nSPS) is 11.0. The summed E-state index contributed by atoms with van der Waals surface area (Å²) < 4.78 is 0. The van der Waals surface area contributed by atoms with Gasteiger partial charge < -0.3 is 5.11 Å². The minimum Gasteiger partial charge on any atom is -0.507 e. The third-order valence-electron chi connectivity index (χ3n) is 2.88. The van der Waals surface area contributed by atoms with Crippen LogP contribution in [0.15, 0.2) is 59.7 Å². The molecule has 1 amide bonds. The molecule has 0 fully saturated rings. The Morgan fingerprint density at radius 2 is 1.87 bits per heavy atom. The molecule has 0 aliphatic heterocycles. The number of rotatable bonds is 5. The predicted octanol–water partition coefficient (Wildman–Crippen LogP) is 2.73. The Morgan fingerprint density at radius 3 is 2.61 bits per heavy atom. The number of allylic oxidation sites excluding steroid dienone is 1. The summed E-state index contributed by atoms with van der Waals surface area (Å²) in [4.78, 5) is 22.1. The molecule has 0 aliphatic rings. The zero-order valence-corrected chi connectivity index (χ0v) is 11.9. The number of nitro groups is 1. The lowest BCUT2D eigenvalue weighted by atomic mass is 10.1.